The third-order valence-electron chi connectivity index (χ3n) is 4.01. The number of rotatable bonds is 3. The third-order valence-corrected chi connectivity index (χ3v) is 4.83. The van der Waals surface area contributed by atoms with E-state index in [4.69, 9.17) is 0 Å². The maximum Gasteiger partial charge on any atom is 0.141 e. The van der Waals surface area contributed by atoms with Gasteiger partial charge in [0, 0.05) is 24.7 Å². The second-order valence-corrected chi connectivity index (χ2v) is 7.71. The molecule has 4 nitrogen and oxygen atoms in total. The van der Waals surface area contributed by atoms with Gasteiger partial charge in [0.2, 0.25) is 0 Å². The number of hydrogen-bond acceptors (Lipinski definition) is 5. The van der Waals surface area contributed by atoms with E-state index in [-0.39, 0.29) is 5.54 Å². The molecule has 2 aromatic rings. The minimum Gasteiger partial charge on any atom is -0.352 e. The zero-order valence-corrected chi connectivity index (χ0v) is 13.9. The van der Waals surface area contributed by atoms with Crippen LogP contribution in [0.1, 0.15) is 40.0 Å². The van der Waals surface area contributed by atoms with E-state index in [1.165, 1.54) is 24.6 Å². The Kier molecular flexibility index (Phi) is 4.13. The zero-order valence-electron chi connectivity index (χ0n) is 13.1. The van der Waals surface area contributed by atoms with Gasteiger partial charge in [-0.2, -0.15) is 0 Å². The Labute approximate surface area is 130 Å². The van der Waals surface area contributed by atoms with Crippen LogP contribution in [0.25, 0.3) is 10.2 Å². The zero-order chi connectivity index (χ0) is 14.9. The largest absolute Gasteiger partial charge is 0.352 e. The van der Waals surface area contributed by atoms with Gasteiger partial charge >= 0.3 is 0 Å². The first-order valence-corrected chi connectivity index (χ1v) is 8.62. The predicted molar refractivity (Wildman–Crippen MR) is 90.2 cm³/mol. The van der Waals surface area contributed by atoms with E-state index in [0.29, 0.717) is 6.04 Å². The van der Waals surface area contributed by atoms with Gasteiger partial charge in [0.15, 0.2) is 0 Å². The lowest BCUT2D eigenvalue weighted by molar-refractivity contribution is 0.366. The van der Waals surface area contributed by atoms with E-state index in [1.807, 2.05) is 0 Å². The molecule has 1 atom stereocenters. The molecule has 1 saturated heterocycles. The molecule has 0 radical (unpaired) electrons. The van der Waals surface area contributed by atoms with E-state index in [0.717, 1.165) is 23.7 Å². The summed E-state index contributed by atoms with van der Waals surface area (Å²) in [6, 6.07) is 2.68. The molecule has 5 heteroatoms. The highest BCUT2D eigenvalue weighted by Crippen LogP contribution is 2.31. The summed E-state index contributed by atoms with van der Waals surface area (Å²) in [6.45, 7) is 8.78. The van der Waals surface area contributed by atoms with Crippen molar-refractivity contribution in [3.8, 4) is 0 Å². The number of fused-ring (bicyclic) bond motifs is 1. The summed E-state index contributed by atoms with van der Waals surface area (Å²) in [5.74, 6) is 1.11. The van der Waals surface area contributed by atoms with Crippen LogP contribution in [0.3, 0.4) is 0 Å². The smallest absolute Gasteiger partial charge is 0.141 e. The molecule has 1 aliphatic rings. The summed E-state index contributed by atoms with van der Waals surface area (Å²) in [4.78, 5) is 12.5. The molecule has 0 saturated carbocycles. The van der Waals surface area contributed by atoms with E-state index >= 15 is 0 Å². The molecule has 1 fully saturated rings. The normalized spacial score (nSPS) is 20.1. The van der Waals surface area contributed by atoms with Gasteiger partial charge in [-0.05, 0) is 51.5 Å². The average Bonchev–Trinajstić information content (AvgIpc) is 2.93. The minimum atomic E-state index is 0.159. The van der Waals surface area contributed by atoms with E-state index in [1.54, 1.807) is 17.7 Å². The maximum atomic E-state index is 4.59. The van der Waals surface area contributed by atoms with Crippen LogP contribution in [0.15, 0.2) is 17.8 Å². The van der Waals surface area contributed by atoms with Gasteiger partial charge < -0.3 is 10.2 Å². The van der Waals surface area contributed by atoms with E-state index in [9.17, 15) is 0 Å². The maximum absolute atomic E-state index is 4.59. The van der Waals surface area contributed by atoms with Crippen LogP contribution in [0, 0.1) is 0 Å². The van der Waals surface area contributed by atoms with E-state index < -0.39 is 0 Å². The monoisotopic (exact) mass is 304 g/mol. The van der Waals surface area contributed by atoms with Crippen molar-refractivity contribution >= 4 is 27.4 Å². The fraction of sp³-hybridized carbons (Fsp3) is 0.625. The second-order valence-electron chi connectivity index (χ2n) is 6.81. The Morgan fingerprint density at radius 3 is 3.00 bits per heavy atom. The summed E-state index contributed by atoms with van der Waals surface area (Å²) in [5, 5.41) is 6.96. The van der Waals surface area contributed by atoms with Crippen LogP contribution in [-0.2, 0) is 0 Å². The molecule has 1 unspecified atom stereocenters. The molecule has 0 aromatic carbocycles. The van der Waals surface area contributed by atoms with Gasteiger partial charge in [-0.1, -0.05) is 0 Å². The van der Waals surface area contributed by atoms with Crippen LogP contribution in [0.4, 0.5) is 5.82 Å². The van der Waals surface area contributed by atoms with Gasteiger partial charge in [-0.3, -0.25) is 0 Å². The standard InChI is InChI=1S/C16H24N4S/c1-16(2,3)19-10-12-6-4-5-8-20(12)14-13-7-9-21-15(13)18-11-17-14/h7,9,11-12,19H,4-6,8,10H2,1-3H3. The second kappa shape index (κ2) is 5.89. The van der Waals surface area contributed by atoms with Crippen molar-refractivity contribution in [3.05, 3.63) is 17.8 Å². The highest BCUT2D eigenvalue weighted by atomic mass is 32.1. The van der Waals surface area contributed by atoms with Gasteiger partial charge in [-0.15, -0.1) is 11.3 Å². The SMILES string of the molecule is CC(C)(C)NCC1CCCCN1c1ncnc2sccc12. The van der Waals surface area contributed by atoms with Crippen molar-refractivity contribution in [1.29, 1.82) is 0 Å². The lowest BCUT2D eigenvalue weighted by Crippen LogP contribution is -2.50. The molecule has 1 aliphatic heterocycles. The average molecular weight is 304 g/mol. The first-order chi connectivity index (χ1) is 10.0. The van der Waals surface area contributed by atoms with E-state index in [2.05, 4.69) is 52.4 Å². The molecule has 0 aliphatic carbocycles. The number of anilines is 1. The fourth-order valence-electron chi connectivity index (χ4n) is 2.92. The molecule has 0 amide bonds. The summed E-state index contributed by atoms with van der Waals surface area (Å²) in [6.07, 6.45) is 5.50. The fourth-order valence-corrected chi connectivity index (χ4v) is 3.65. The van der Waals surface area contributed by atoms with Crippen LogP contribution < -0.4 is 10.2 Å². The Balaban J connectivity index is 1.85. The van der Waals surface area contributed by atoms with Crippen LogP contribution in [0.2, 0.25) is 0 Å². The summed E-state index contributed by atoms with van der Waals surface area (Å²) >= 11 is 1.69. The van der Waals surface area contributed by atoms with Crippen molar-refractivity contribution in [2.45, 2.75) is 51.6 Å². The Morgan fingerprint density at radius 2 is 2.19 bits per heavy atom. The molecule has 3 heterocycles. The first-order valence-electron chi connectivity index (χ1n) is 7.74. The number of aromatic nitrogens is 2. The number of nitrogens with one attached hydrogen (secondary N) is 1. The quantitative estimate of drug-likeness (QED) is 0.943. The minimum absolute atomic E-state index is 0.159. The molecular formula is C16H24N4S. The highest BCUT2D eigenvalue weighted by molar-refractivity contribution is 7.16. The van der Waals surface area contributed by atoms with Crippen molar-refractivity contribution in [1.82, 2.24) is 15.3 Å². The van der Waals surface area contributed by atoms with Crippen LogP contribution >= 0.6 is 11.3 Å². The van der Waals surface area contributed by atoms with Crippen molar-refractivity contribution in [3.63, 3.8) is 0 Å². The lowest BCUT2D eigenvalue weighted by atomic mass is 10.00. The molecule has 2 aromatic heterocycles. The molecule has 0 spiro atoms. The summed E-state index contributed by atoms with van der Waals surface area (Å²) < 4.78 is 0. The predicted octanol–water partition coefficient (Wildman–Crippen LogP) is 3.44. The number of thiophene rings is 1. The third kappa shape index (κ3) is 3.35. The number of hydrogen-bond donors (Lipinski definition) is 1. The number of nitrogens with zero attached hydrogens (tertiary/aromatic N) is 3. The van der Waals surface area contributed by atoms with Crippen LogP contribution in [-0.4, -0.2) is 34.6 Å². The molecule has 114 valence electrons. The van der Waals surface area contributed by atoms with Gasteiger partial charge in [0.1, 0.15) is 17.0 Å². The highest BCUT2D eigenvalue weighted by Gasteiger charge is 2.26. The molecule has 3 rings (SSSR count). The van der Waals surface area contributed by atoms with Crippen molar-refractivity contribution < 1.29 is 0 Å². The Morgan fingerprint density at radius 1 is 1.33 bits per heavy atom. The Hall–Kier alpha value is -1.20. The van der Waals surface area contributed by atoms with Gasteiger partial charge in [0.25, 0.3) is 0 Å². The van der Waals surface area contributed by atoms with Crippen molar-refractivity contribution in [2.75, 3.05) is 18.0 Å². The molecular weight excluding hydrogens is 280 g/mol. The molecule has 0 bridgehead atoms. The lowest BCUT2D eigenvalue weighted by Gasteiger charge is -2.38. The van der Waals surface area contributed by atoms with Crippen LogP contribution in [0.5, 0.6) is 0 Å². The van der Waals surface area contributed by atoms with Crippen molar-refractivity contribution in [2.24, 2.45) is 0 Å². The number of piperidine rings is 1. The van der Waals surface area contributed by atoms with Gasteiger partial charge in [0.05, 0.1) is 5.39 Å². The first kappa shape index (κ1) is 14.7. The summed E-state index contributed by atoms with van der Waals surface area (Å²) in [5.41, 5.74) is 0.159. The Bertz CT molecular complexity index is 602. The van der Waals surface area contributed by atoms with Gasteiger partial charge in [-0.25, -0.2) is 9.97 Å². The summed E-state index contributed by atoms with van der Waals surface area (Å²) in [7, 11) is 0. The molecule has 1 N–H and O–H groups in total. The topological polar surface area (TPSA) is 41.0 Å². The molecule has 21 heavy (non-hydrogen) atoms.